The van der Waals surface area contributed by atoms with Crippen molar-refractivity contribution >= 4 is 23.5 Å². The molecule has 0 aliphatic rings. The largest absolute Gasteiger partial charge is 0.480 e. The second-order valence-electron chi connectivity index (χ2n) is 4.82. The van der Waals surface area contributed by atoms with Gasteiger partial charge in [-0.05, 0) is 29.8 Å². The van der Waals surface area contributed by atoms with Gasteiger partial charge >= 0.3 is 5.97 Å². The highest BCUT2D eigenvalue weighted by Crippen LogP contribution is 2.14. The van der Waals surface area contributed by atoms with Crippen LogP contribution in [0, 0.1) is 11.6 Å². The molecule has 23 heavy (non-hydrogen) atoms. The lowest BCUT2D eigenvalue weighted by Crippen LogP contribution is -2.42. The first-order valence-electron chi connectivity index (χ1n) is 6.60. The lowest BCUT2D eigenvalue weighted by atomic mass is 10.1. The molecular formula is C16H12ClF2NO3. The summed E-state index contributed by atoms with van der Waals surface area (Å²) in [5.74, 6) is -4.10. The maximum atomic E-state index is 13.6. The lowest BCUT2D eigenvalue weighted by molar-refractivity contribution is -0.139. The van der Waals surface area contributed by atoms with E-state index >= 15 is 0 Å². The van der Waals surface area contributed by atoms with Crippen LogP contribution < -0.4 is 5.32 Å². The van der Waals surface area contributed by atoms with Gasteiger partial charge in [0.25, 0.3) is 5.91 Å². The molecule has 2 aromatic carbocycles. The molecule has 1 amide bonds. The summed E-state index contributed by atoms with van der Waals surface area (Å²) in [6.45, 7) is 0. The smallest absolute Gasteiger partial charge is 0.326 e. The molecule has 0 bridgehead atoms. The molecule has 2 rings (SSSR count). The highest BCUT2D eigenvalue weighted by molar-refractivity contribution is 6.30. The molecule has 2 aromatic rings. The Morgan fingerprint density at radius 1 is 1.17 bits per heavy atom. The molecule has 0 aliphatic carbocycles. The van der Waals surface area contributed by atoms with E-state index < -0.39 is 35.1 Å². The number of hydrogen-bond acceptors (Lipinski definition) is 2. The lowest BCUT2D eigenvalue weighted by Gasteiger charge is -2.15. The summed E-state index contributed by atoms with van der Waals surface area (Å²) in [5, 5.41) is 11.9. The first-order chi connectivity index (χ1) is 10.9. The van der Waals surface area contributed by atoms with Crippen molar-refractivity contribution in [1.29, 1.82) is 0 Å². The molecule has 0 fully saturated rings. The van der Waals surface area contributed by atoms with Crippen LogP contribution in [-0.4, -0.2) is 23.0 Å². The normalized spacial score (nSPS) is 11.8. The average molecular weight is 340 g/mol. The second-order valence-corrected chi connectivity index (χ2v) is 5.26. The van der Waals surface area contributed by atoms with Crippen molar-refractivity contribution in [2.45, 2.75) is 12.5 Å². The van der Waals surface area contributed by atoms with Crippen LogP contribution in [0.1, 0.15) is 15.9 Å². The molecule has 120 valence electrons. The Hall–Kier alpha value is -2.47. The van der Waals surface area contributed by atoms with Crippen LogP contribution in [-0.2, 0) is 11.2 Å². The minimum atomic E-state index is -1.28. The van der Waals surface area contributed by atoms with Crippen molar-refractivity contribution in [3.8, 4) is 0 Å². The van der Waals surface area contributed by atoms with Gasteiger partial charge in [-0.1, -0.05) is 23.7 Å². The second kappa shape index (κ2) is 7.19. The standard InChI is InChI=1S/C16H12ClF2NO3/c17-10-3-1-2-9(6-10)7-14(16(22)23)20-15(21)12-5-4-11(18)8-13(12)19/h1-6,8,14H,7H2,(H,20,21)(H,22,23)/t14-/m1/s1. The Morgan fingerprint density at radius 2 is 1.91 bits per heavy atom. The third-order valence-electron chi connectivity index (χ3n) is 3.11. The van der Waals surface area contributed by atoms with Crippen LogP contribution in [0.15, 0.2) is 42.5 Å². The van der Waals surface area contributed by atoms with E-state index in [4.69, 9.17) is 11.6 Å². The number of aliphatic carboxylic acids is 1. The number of nitrogens with one attached hydrogen (secondary N) is 1. The fourth-order valence-corrected chi connectivity index (χ4v) is 2.22. The van der Waals surface area contributed by atoms with E-state index in [1.165, 1.54) is 0 Å². The predicted molar refractivity (Wildman–Crippen MR) is 80.4 cm³/mol. The Morgan fingerprint density at radius 3 is 2.52 bits per heavy atom. The topological polar surface area (TPSA) is 66.4 Å². The van der Waals surface area contributed by atoms with Crippen molar-refractivity contribution in [3.05, 3.63) is 70.2 Å². The molecule has 7 heteroatoms. The highest BCUT2D eigenvalue weighted by Gasteiger charge is 2.23. The molecule has 2 N–H and O–H groups in total. The quantitative estimate of drug-likeness (QED) is 0.880. The van der Waals surface area contributed by atoms with Crippen molar-refractivity contribution in [1.82, 2.24) is 5.32 Å². The average Bonchev–Trinajstić information content (AvgIpc) is 2.46. The van der Waals surface area contributed by atoms with Gasteiger partial charge in [0.1, 0.15) is 17.7 Å². The van der Waals surface area contributed by atoms with Crippen LogP contribution in [0.4, 0.5) is 8.78 Å². The van der Waals surface area contributed by atoms with Gasteiger partial charge in [0.05, 0.1) is 5.56 Å². The van der Waals surface area contributed by atoms with Crippen molar-refractivity contribution in [2.75, 3.05) is 0 Å². The molecular weight excluding hydrogens is 328 g/mol. The van der Waals surface area contributed by atoms with E-state index in [-0.39, 0.29) is 6.42 Å². The predicted octanol–water partition coefficient (Wildman–Crippen LogP) is 3.04. The van der Waals surface area contributed by atoms with Crippen molar-refractivity contribution < 1.29 is 23.5 Å². The van der Waals surface area contributed by atoms with Gasteiger partial charge in [0, 0.05) is 17.5 Å². The first kappa shape index (κ1) is 16.9. The van der Waals surface area contributed by atoms with Crippen LogP contribution in [0.2, 0.25) is 5.02 Å². The molecule has 0 saturated carbocycles. The summed E-state index contributed by atoms with van der Waals surface area (Å²) in [6.07, 6.45) is -0.0234. The summed E-state index contributed by atoms with van der Waals surface area (Å²) in [4.78, 5) is 23.3. The Bertz CT molecular complexity index is 752. The Kier molecular flexibility index (Phi) is 5.28. The molecule has 1 atom stereocenters. The number of rotatable bonds is 5. The zero-order valence-electron chi connectivity index (χ0n) is 11.7. The zero-order valence-corrected chi connectivity index (χ0v) is 12.5. The number of carbonyl (C=O) groups is 2. The third-order valence-corrected chi connectivity index (χ3v) is 3.34. The van der Waals surface area contributed by atoms with Crippen molar-refractivity contribution in [2.24, 2.45) is 0 Å². The number of halogens is 3. The number of carbonyl (C=O) groups excluding carboxylic acids is 1. The minimum Gasteiger partial charge on any atom is -0.480 e. The minimum absolute atomic E-state index is 0.0234. The number of carboxylic acids is 1. The Labute approximate surface area is 135 Å². The third kappa shape index (κ3) is 4.50. The van der Waals surface area contributed by atoms with Gasteiger partial charge in [-0.15, -0.1) is 0 Å². The maximum absolute atomic E-state index is 13.6. The summed E-state index contributed by atoms with van der Waals surface area (Å²) in [7, 11) is 0. The van der Waals surface area contributed by atoms with E-state index in [1.807, 2.05) is 0 Å². The fourth-order valence-electron chi connectivity index (χ4n) is 2.01. The van der Waals surface area contributed by atoms with E-state index in [1.54, 1.807) is 24.3 Å². The van der Waals surface area contributed by atoms with E-state index in [2.05, 4.69) is 5.32 Å². The maximum Gasteiger partial charge on any atom is 0.326 e. The van der Waals surface area contributed by atoms with E-state index in [0.29, 0.717) is 16.7 Å². The van der Waals surface area contributed by atoms with Crippen LogP contribution >= 0.6 is 11.6 Å². The molecule has 0 aliphatic heterocycles. The molecule has 4 nitrogen and oxygen atoms in total. The van der Waals surface area contributed by atoms with E-state index in [0.717, 1.165) is 12.1 Å². The highest BCUT2D eigenvalue weighted by atomic mass is 35.5. The number of amides is 1. The molecule has 0 aromatic heterocycles. The monoisotopic (exact) mass is 339 g/mol. The Balaban J connectivity index is 2.16. The summed E-state index contributed by atoms with van der Waals surface area (Å²) >= 11 is 5.83. The van der Waals surface area contributed by atoms with Crippen molar-refractivity contribution in [3.63, 3.8) is 0 Å². The summed E-state index contributed by atoms with van der Waals surface area (Å²) < 4.78 is 26.4. The number of hydrogen-bond donors (Lipinski definition) is 2. The van der Waals surface area contributed by atoms with E-state index in [9.17, 15) is 23.5 Å². The van der Waals surface area contributed by atoms with Gasteiger partial charge in [-0.25, -0.2) is 13.6 Å². The molecule has 0 spiro atoms. The fraction of sp³-hybridized carbons (Fsp3) is 0.125. The molecule has 0 saturated heterocycles. The van der Waals surface area contributed by atoms with Gasteiger partial charge in [-0.3, -0.25) is 4.79 Å². The molecule has 0 heterocycles. The summed E-state index contributed by atoms with van der Waals surface area (Å²) in [5.41, 5.74) is 0.175. The molecule has 0 unspecified atom stereocenters. The summed E-state index contributed by atoms with van der Waals surface area (Å²) in [6, 6.07) is 7.68. The zero-order chi connectivity index (χ0) is 17.0. The van der Waals surface area contributed by atoms with Gasteiger partial charge < -0.3 is 10.4 Å². The van der Waals surface area contributed by atoms with Crippen LogP contribution in [0.25, 0.3) is 0 Å². The molecule has 0 radical (unpaired) electrons. The van der Waals surface area contributed by atoms with Crippen LogP contribution in [0.3, 0.4) is 0 Å². The SMILES string of the molecule is O=C(N[C@H](Cc1cccc(Cl)c1)C(=O)O)c1ccc(F)cc1F. The number of benzene rings is 2. The van der Waals surface area contributed by atoms with Gasteiger partial charge in [-0.2, -0.15) is 0 Å². The van der Waals surface area contributed by atoms with Gasteiger partial charge in [0.2, 0.25) is 0 Å². The van der Waals surface area contributed by atoms with Crippen LogP contribution in [0.5, 0.6) is 0 Å². The first-order valence-corrected chi connectivity index (χ1v) is 6.98. The number of carboxylic acid groups (broad SMARTS) is 1. The van der Waals surface area contributed by atoms with Gasteiger partial charge in [0.15, 0.2) is 0 Å².